The summed E-state index contributed by atoms with van der Waals surface area (Å²) in [7, 11) is 0. The second-order valence-electron chi connectivity index (χ2n) is 8.23. The number of aromatic nitrogens is 1. The molecule has 1 N–H and O–H groups in total. The van der Waals surface area contributed by atoms with E-state index < -0.39 is 4.92 Å². The van der Waals surface area contributed by atoms with E-state index in [0.717, 1.165) is 5.52 Å². The standard InChI is InChI=1S/C24H25FN4O4/c25-21-4-2-1-3-17(21)7-11-26-24(31)18-8-12-27(13-9-18)23(30)16-28-14-10-19-15-20(29(32)33)5-6-22(19)28/h1-6,10,14-15,18H,7-9,11-13,16H2,(H,26,31). The third-order valence-corrected chi connectivity index (χ3v) is 6.14. The van der Waals surface area contributed by atoms with Gasteiger partial charge in [-0.05, 0) is 43.0 Å². The maximum Gasteiger partial charge on any atom is 0.270 e. The van der Waals surface area contributed by atoms with E-state index in [0.29, 0.717) is 49.8 Å². The molecule has 0 unspecified atom stereocenters. The lowest BCUT2D eigenvalue weighted by Gasteiger charge is -2.31. The quantitative estimate of drug-likeness (QED) is 0.439. The number of hydrogen-bond donors (Lipinski definition) is 1. The Labute approximate surface area is 190 Å². The first-order chi connectivity index (χ1) is 15.9. The smallest absolute Gasteiger partial charge is 0.270 e. The average molecular weight is 452 g/mol. The number of rotatable bonds is 7. The molecule has 1 aliphatic rings. The number of amides is 2. The third-order valence-electron chi connectivity index (χ3n) is 6.14. The number of piperidine rings is 1. The molecule has 8 nitrogen and oxygen atoms in total. The minimum Gasteiger partial charge on any atom is -0.356 e. The van der Waals surface area contributed by atoms with Gasteiger partial charge in [-0.25, -0.2) is 4.39 Å². The molecule has 2 aromatic carbocycles. The summed E-state index contributed by atoms with van der Waals surface area (Å²) in [5, 5.41) is 14.5. The Hall–Kier alpha value is -3.75. The van der Waals surface area contributed by atoms with E-state index in [1.807, 2.05) is 0 Å². The Balaban J connectivity index is 1.26. The van der Waals surface area contributed by atoms with Gasteiger partial charge in [0.15, 0.2) is 0 Å². The van der Waals surface area contributed by atoms with Crippen LogP contribution in [-0.4, -0.2) is 45.8 Å². The van der Waals surface area contributed by atoms with Gasteiger partial charge >= 0.3 is 0 Å². The fourth-order valence-electron chi connectivity index (χ4n) is 4.24. The summed E-state index contributed by atoms with van der Waals surface area (Å²) in [5.74, 6) is -0.546. The van der Waals surface area contributed by atoms with E-state index in [1.54, 1.807) is 46.0 Å². The van der Waals surface area contributed by atoms with Crippen LogP contribution in [0.4, 0.5) is 10.1 Å². The summed E-state index contributed by atoms with van der Waals surface area (Å²) in [6.45, 7) is 1.50. The zero-order chi connectivity index (χ0) is 23.4. The normalized spacial score (nSPS) is 14.4. The second kappa shape index (κ2) is 9.81. The number of carbonyl (C=O) groups is 2. The van der Waals surface area contributed by atoms with Crippen LogP contribution in [0.5, 0.6) is 0 Å². The van der Waals surface area contributed by atoms with E-state index in [4.69, 9.17) is 0 Å². The number of nitro benzene ring substituents is 1. The Bertz CT molecular complexity index is 1180. The van der Waals surface area contributed by atoms with Crippen LogP contribution in [0.15, 0.2) is 54.7 Å². The molecule has 1 aromatic heterocycles. The van der Waals surface area contributed by atoms with Crippen LogP contribution >= 0.6 is 0 Å². The molecule has 33 heavy (non-hydrogen) atoms. The first kappa shape index (κ1) is 22.4. The van der Waals surface area contributed by atoms with Gasteiger partial charge in [0.2, 0.25) is 11.8 Å². The fourth-order valence-corrected chi connectivity index (χ4v) is 4.24. The van der Waals surface area contributed by atoms with Crippen LogP contribution < -0.4 is 5.32 Å². The minimum atomic E-state index is -0.442. The Morgan fingerprint density at radius 3 is 2.61 bits per heavy atom. The number of likely N-dealkylation sites (tertiary alicyclic amines) is 1. The zero-order valence-electron chi connectivity index (χ0n) is 18.1. The lowest BCUT2D eigenvalue weighted by Crippen LogP contribution is -2.44. The van der Waals surface area contributed by atoms with Crippen LogP contribution in [0.3, 0.4) is 0 Å². The summed E-state index contributed by atoms with van der Waals surface area (Å²) >= 11 is 0. The van der Waals surface area contributed by atoms with Gasteiger partial charge < -0.3 is 14.8 Å². The third kappa shape index (κ3) is 5.19. The van der Waals surface area contributed by atoms with Crippen molar-refractivity contribution in [1.82, 2.24) is 14.8 Å². The molecule has 0 atom stereocenters. The van der Waals surface area contributed by atoms with E-state index in [-0.39, 0.29) is 35.8 Å². The lowest BCUT2D eigenvalue weighted by atomic mass is 9.95. The van der Waals surface area contributed by atoms with Gasteiger partial charge in [0.25, 0.3) is 5.69 Å². The van der Waals surface area contributed by atoms with Gasteiger partial charge in [0.1, 0.15) is 12.4 Å². The van der Waals surface area contributed by atoms with Gasteiger partial charge in [0, 0.05) is 54.8 Å². The Kier molecular flexibility index (Phi) is 6.67. The van der Waals surface area contributed by atoms with E-state index >= 15 is 0 Å². The van der Waals surface area contributed by atoms with Gasteiger partial charge in [0.05, 0.1) is 4.92 Å². The Morgan fingerprint density at radius 2 is 1.88 bits per heavy atom. The predicted molar refractivity (Wildman–Crippen MR) is 121 cm³/mol. The number of nitro groups is 1. The zero-order valence-corrected chi connectivity index (χ0v) is 18.1. The molecule has 4 rings (SSSR count). The first-order valence-corrected chi connectivity index (χ1v) is 10.9. The van der Waals surface area contributed by atoms with Crippen molar-refractivity contribution < 1.29 is 18.9 Å². The van der Waals surface area contributed by atoms with Crippen molar-refractivity contribution in [1.29, 1.82) is 0 Å². The highest BCUT2D eigenvalue weighted by Gasteiger charge is 2.27. The highest BCUT2D eigenvalue weighted by Crippen LogP contribution is 2.23. The molecule has 0 aliphatic carbocycles. The molecule has 172 valence electrons. The van der Waals surface area contributed by atoms with E-state index in [2.05, 4.69) is 5.32 Å². The van der Waals surface area contributed by atoms with Crippen molar-refractivity contribution in [2.45, 2.75) is 25.8 Å². The monoisotopic (exact) mass is 452 g/mol. The van der Waals surface area contributed by atoms with Crippen molar-refractivity contribution in [2.24, 2.45) is 5.92 Å². The number of carbonyl (C=O) groups excluding carboxylic acids is 2. The molecule has 0 saturated carbocycles. The van der Waals surface area contributed by atoms with Gasteiger partial charge in [-0.15, -0.1) is 0 Å². The number of nitrogens with one attached hydrogen (secondary N) is 1. The summed E-state index contributed by atoms with van der Waals surface area (Å²) < 4.78 is 15.5. The number of nitrogens with zero attached hydrogens (tertiary/aromatic N) is 3. The predicted octanol–water partition coefficient (Wildman–Crippen LogP) is 3.29. The van der Waals surface area contributed by atoms with Crippen LogP contribution in [-0.2, 0) is 22.6 Å². The number of hydrogen-bond acceptors (Lipinski definition) is 4. The molecule has 1 saturated heterocycles. The number of benzene rings is 2. The molecule has 0 bridgehead atoms. The molecule has 2 heterocycles. The van der Waals surface area contributed by atoms with Crippen LogP contribution in [0, 0.1) is 21.8 Å². The summed E-state index contributed by atoms with van der Waals surface area (Å²) in [5.41, 5.74) is 1.35. The maximum atomic E-state index is 13.7. The number of fused-ring (bicyclic) bond motifs is 1. The van der Waals surface area contributed by atoms with Crippen molar-refractivity contribution >= 4 is 28.4 Å². The minimum absolute atomic E-state index is 0.0147. The molecular weight excluding hydrogens is 427 g/mol. The van der Waals surface area contributed by atoms with Gasteiger partial charge in [-0.3, -0.25) is 19.7 Å². The van der Waals surface area contributed by atoms with Gasteiger partial charge in [-0.2, -0.15) is 0 Å². The fraction of sp³-hybridized carbons (Fsp3) is 0.333. The molecule has 0 radical (unpaired) electrons. The highest BCUT2D eigenvalue weighted by molar-refractivity contribution is 5.85. The van der Waals surface area contributed by atoms with E-state index in [9.17, 15) is 24.1 Å². The van der Waals surface area contributed by atoms with Crippen molar-refractivity contribution in [3.8, 4) is 0 Å². The molecule has 3 aromatic rings. The SMILES string of the molecule is O=C(NCCc1ccccc1F)C1CCN(C(=O)Cn2ccc3cc([N+](=O)[O-])ccc32)CC1. The van der Waals surface area contributed by atoms with Crippen molar-refractivity contribution in [3.63, 3.8) is 0 Å². The second-order valence-corrected chi connectivity index (χ2v) is 8.23. The Morgan fingerprint density at radius 1 is 1.12 bits per heavy atom. The van der Waals surface area contributed by atoms with Crippen molar-refractivity contribution in [2.75, 3.05) is 19.6 Å². The molecule has 0 spiro atoms. The summed E-state index contributed by atoms with van der Waals surface area (Å²) in [6.07, 6.45) is 3.34. The van der Waals surface area contributed by atoms with Crippen molar-refractivity contribution in [3.05, 3.63) is 76.2 Å². The molecule has 1 fully saturated rings. The molecular formula is C24H25FN4O4. The van der Waals surface area contributed by atoms with E-state index in [1.165, 1.54) is 18.2 Å². The molecule has 1 aliphatic heterocycles. The summed E-state index contributed by atoms with van der Waals surface area (Å²) in [6, 6.07) is 12.9. The largest absolute Gasteiger partial charge is 0.356 e. The van der Waals surface area contributed by atoms with Crippen LogP contribution in [0.2, 0.25) is 0 Å². The first-order valence-electron chi connectivity index (χ1n) is 10.9. The molecule has 9 heteroatoms. The lowest BCUT2D eigenvalue weighted by molar-refractivity contribution is -0.384. The average Bonchev–Trinajstić information content (AvgIpc) is 3.22. The number of non-ortho nitro benzene ring substituents is 1. The topological polar surface area (TPSA) is 97.5 Å². The number of halogens is 1. The molecule has 2 amide bonds. The van der Waals surface area contributed by atoms with Crippen LogP contribution in [0.25, 0.3) is 10.9 Å². The van der Waals surface area contributed by atoms with Crippen LogP contribution in [0.1, 0.15) is 18.4 Å². The van der Waals surface area contributed by atoms with Gasteiger partial charge in [-0.1, -0.05) is 18.2 Å². The highest BCUT2D eigenvalue weighted by atomic mass is 19.1. The maximum absolute atomic E-state index is 13.7. The summed E-state index contributed by atoms with van der Waals surface area (Å²) in [4.78, 5) is 37.5.